The molecule has 1 aliphatic carbocycles. The lowest BCUT2D eigenvalue weighted by molar-refractivity contribution is 0.0858. The van der Waals surface area contributed by atoms with E-state index in [9.17, 15) is 5.11 Å². The number of nitrogens with one attached hydrogen (secondary N) is 1. The highest BCUT2D eigenvalue weighted by Gasteiger charge is 2.25. The third kappa shape index (κ3) is 3.03. The molecule has 0 heterocycles. The fraction of sp³-hybridized carbons (Fsp3) is 0.600. The van der Waals surface area contributed by atoms with E-state index in [1.807, 2.05) is 18.2 Å². The van der Waals surface area contributed by atoms with Crippen LogP contribution in [0.2, 0.25) is 0 Å². The van der Waals surface area contributed by atoms with Crippen LogP contribution in [0.25, 0.3) is 0 Å². The molecule has 3 heteroatoms. The van der Waals surface area contributed by atoms with Crippen LogP contribution in [0.1, 0.15) is 44.2 Å². The van der Waals surface area contributed by atoms with E-state index >= 15 is 0 Å². The van der Waals surface area contributed by atoms with E-state index in [0.29, 0.717) is 0 Å². The van der Waals surface area contributed by atoms with Crippen LogP contribution in [0.5, 0.6) is 5.75 Å². The van der Waals surface area contributed by atoms with Gasteiger partial charge in [-0.1, -0.05) is 31.0 Å². The van der Waals surface area contributed by atoms with Crippen molar-refractivity contribution in [1.82, 2.24) is 5.32 Å². The number of hydrogen-bond acceptors (Lipinski definition) is 3. The van der Waals surface area contributed by atoms with Crippen LogP contribution < -0.4 is 10.1 Å². The Hall–Kier alpha value is -1.06. The SMILES string of the molecule is COc1ccccc1[C@H](C)N[C@H]1CCCC[C@@H]1O. The predicted octanol–water partition coefficient (Wildman–Crippen LogP) is 2.65. The van der Waals surface area contributed by atoms with E-state index < -0.39 is 0 Å². The fourth-order valence-corrected chi connectivity index (χ4v) is 2.74. The normalized spacial score (nSPS) is 25.7. The lowest BCUT2D eigenvalue weighted by Gasteiger charge is -2.31. The Morgan fingerprint density at radius 1 is 1.28 bits per heavy atom. The molecule has 3 atom stereocenters. The van der Waals surface area contributed by atoms with Crippen molar-refractivity contribution in [2.24, 2.45) is 0 Å². The summed E-state index contributed by atoms with van der Waals surface area (Å²) in [5.41, 5.74) is 1.15. The smallest absolute Gasteiger partial charge is 0.123 e. The second kappa shape index (κ2) is 6.21. The van der Waals surface area contributed by atoms with Gasteiger partial charge in [0.2, 0.25) is 0 Å². The van der Waals surface area contributed by atoms with Gasteiger partial charge >= 0.3 is 0 Å². The molecule has 18 heavy (non-hydrogen) atoms. The fourth-order valence-electron chi connectivity index (χ4n) is 2.74. The van der Waals surface area contributed by atoms with E-state index in [2.05, 4.69) is 18.3 Å². The molecule has 0 bridgehead atoms. The zero-order valence-electron chi connectivity index (χ0n) is 11.2. The largest absolute Gasteiger partial charge is 0.496 e. The lowest BCUT2D eigenvalue weighted by atomic mass is 9.91. The molecule has 3 nitrogen and oxygen atoms in total. The number of ether oxygens (including phenoxy) is 1. The van der Waals surface area contributed by atoms with Gasteiger partial charge in [0.1, 0.15) is 5.75 Å². The van der Waals surface area contributed by atoms with Crippen LogP contribution in [0, 0.1) is 0 Å². The van der Waals surface area contributed by atoms with Crippen molar-refractivity contribution in [2.45, 2.75) is 50.8 Å². The number of rotatable bonds is 4. The Bertz CT molecular complexity index is 381. The first-order valence-electron chi connectivity index (χ1n) is 6.79. The summed E-state index contributed by atoms with van der Waals surface area (Å²) in [6, 6.07) is 8.45. The van der Waals surface area contributed by atoms with Crippen LogP contribution >= 0.6 is 0 Å². The van der Waals surface area contributed by atoms with Crippen molar-refractivity contribution in [3.8, 4) is 5.75 Å². The predicted molar refractivity (Wildman–Crippen MR) is 72.8 cm³/mol. The molecule has 0 aliphatic heterocycles. The van der Waals surface area contributed by atoms with E-state index in [1.54, 1.807) is 7.11 Å². The molecule has 2 N–H and O–H groups in total. The number of methoxy groups -OCH3 is 1. The third-order valence-corrected chi connectivity index (χ3v) is 3.80. The molecule has 0 saturated heterocycles. The Balaban J connectivity index is 2.04. The molecule has 100 valence electrons. The summed E-state index contributed by atoms with van der Waals surface area (Å²) in [7, 11) is 1.70. The molecule has 0 radical (unpaired) electrons. The average molecular weight is 249 g/mol. The summed E-state index contributed by atoms with van der Waals surface area (Å²) in [5.74, 6) is 0.905. The highest BCUT2D eigenvalue weighted by atomic mass is 16.5. The van der Waals surface area contributed by atoms with E-state index in [-0.39, 0.29) is 18.2 Å². The highest BCUT2D eigenvalue weighted by molar-refractivity contribution is 5.35. The summed E-state index contributed by atoms with van der Waals surface area (Å²) in [5, 5.41) is 13.5. The van der Waals surface area contributed by atoms with Crippen molar-refractivity contribution >= 4 is 0 Å². The molecule has 1 aromatic carbocycles. The van der Waals surface area contributed by atoms with Crippen LogP contribution in [-0.2, 0) is 0 Å². The number of hydrogen-bond donors (Lipinski definition) is 2. The topological polar surface area (TPSA) is 41.5 Å². The standard InChI is InChI=1S/C15H23NO2/c1-11(12-7-3-6-10-15(12)18-2)16-13-8-4-5-9-14(13)17/h3,6-7,10-11,13-14,16-17H,4-5,8-9H2,1-2H3/t11-,13-,14-/m0/s1. The van der Waals surface area contributed by atoms with E-state index in [1.165, 1.54) is 6.42 Å². The maximum Gasteiger partial charge on any atom is 0.123 e. The van der Waals surface area contributed by atoms with Gasteiger partial charge in [-0.3, -0.25) is 0 Å². The lowest BCUT2D eigenvalue weighted by Crippen LogP contribution is -2.43. The Morgan fingerprint density at radius 2 is 2.00 bits per heavy atom. The quantitative estimate of drug-likeness (QED) is 0.862. The van der Waals surface area contributed by atoms with E-state index in [4.69, 9.17) is 4.74 Å². The zero-order chi connectivity index (χ0) is 13.0. The Morgan fingerprint density at radius 3 is 2.72 bits per heavy atom. The van der Waals surface area contributed by atoms with Crippen molar-refractivity contribution < 1.29 is 9.84 Å². The monoisotopic (exact) mass is 249 g/mol. The van der Waals surface area contributed by atoms with Gasteiger partial charge in [-0.15, -0.1) is 0 Å². The summed E-state index contributed by atoms with van der Waals surface area (Å²) >= 11 is 0. The van der Waals surface area contributed by atoms with Gasteiger partial charge in [0.25, 0.3) is 0 Å². The van der Waals surface area contributed by atoms with Gasteiger partial charge in [-0.25, -0.2) is 0 Å². The zero-order valence-corrected chi connectivity index (χ0v) is 11.2. The number of aliphatic hydroxyl groups excluding tert-OH is 1. The second-order valence-corrected chi connectivity index (χ2v) is 5.09. The highest BCUT2D eigenvalue weighted by Crippen LogP contribution is 2.27. The van der Waals surface area contributed by atoms with Gasteiger partial charge in [0, 0.05) is 17.6 Å². The minimum atomic E-state index is -0.212. The Labute approximate surface area is 109 Å². The van der Waals surface area contributed by atoms with Crippen LogP contribution in [0.4, 0.5) is 0 Å². The van der Waals surface area contributed by atoms with Crippen molar-refractivity contribution in [3.05, 3.63) is 29.8 Å². The minimum absolute atomic E-state index is 0.193. The molecule has 0 aromatic heterocycles. The summed E-state index contributed by atoms with van der Waals surface area (Å²) in [6.45, 7) is 2.12. The van der Waals surface area contributed by atoms with Crippen LogP contribution in [-0.4, -0.2) is 24.4 Å². The molecule has 2 rings (SSSR count). The Kier molecular flexibility index (Phi) is 4.61. The first kappa shape index (κ1) is 13.4. The van der Waals surface area contributed by atoms with Crippen molar-refractivity contribution in [1.29, 1.82) is 0 Å². The van der Waals surface area contributed by atoms with Gasteiger partial charge in [0.15, 0.2) is 0 Å². The van der Waals surface area contributed by atoms with Crippen LogP contribution in [0.3, 0.4) is 0 Å². The minimum Gasteiger partial charge on any atom is -0.496 e. The first-order valence-corrected chi connectivity index (χ1v) is 6.79. The molecule has 0 spiro atoms. The maximum atomic E-state index is 10.00. The number of para-hydroxylation sites is 1. The number of benzene rings is 1. The second-order valence-electron chi connectivity index (χ2n) is 5.09. The van der Waals surface area contributed by atoms with E-state index in [0.717, 1.165) is 30.6 Å². The molecular formula is C15H23NO2. The molecule has 1 saturated carbocycles. The van der Waals surface area contributed by atoms with Gasteiger partial charge in [0.05, 0.1) is 13.2 Å². The van der Waals surface area contributed by atoms with Gasteiger partial charge in [-0.2, -0.15) is 0 Å². The summed E-state index contributed by atoms with van der Waals surface area (Å²) < 4.78 is 5.38. The summed E-state index contributed by atoms with van der Waals surface area (Å²) in [6.07, 6.45) is 4.10. The molecule has 1 fully saturated rings. The molecule has 0 amide bonds. The maximum absolute atomic E-state index is 10.00. The third-order valence-electron chi connectivity index (χ3n) is 3.80. The summed E-state index contributed by atoms with van der Waals surface area (Å²) in [4.78, 5) is 0. The number of aliphatic hydroxyl groups is 1. The van der Waals surface area contributed by atoms with Crippen LogP contribution in [0.15, 0.2) is 24.3 Å². The van der Waals surface area contributed by atoms with Crippen molar-refractivity contribution in [2.75, 3.05) is 7.11 Å². The van der Waals surface area contributed by atoms with Crippen molar-refractivity contribution in [3.63, 3.8) is 0 Å². The first-order chi connectivity index (χ1) is 8.72. The molecule has 1 aromatic rings. The molecule has 0 unspecified atom stereocenters. The molecular weight excluding hydrogens is 226 g/mol. The van der Waals surface area contributed by atoms with Gasteiger partial charge in [-0.05, 0) is 25.8 Å². The van der Waals surface area contributed by atoms with Gasteiger partial charge < -0.3 is 15.2 Å². The average Bonchev–Trinajstić information content (AvgIpc) is 2.41. The molecule has 1 aliphatic rings.